The predicted octanol–water partition coefficient (Wildman–Crippen LogP) is 0.617. The van der Waals surface area contributed by atoms with Crippen LogP contribution in [0.4, 0.5) is 11.5 Å². The Balaban J connectivity index is 2.17. The molecule has 5 nitrogen and oxygen atoms in total. The zero-order valence-electron chi connectivity index (χ0n) is 9.31. The number of aryl methyl sites for hydroxylation is 1. The van der Waals surface area contributed by atoms with Crippen LogP contribution in [0.1, 0.15) is 13.3 Å². The molecule has 1 saturated heterocycles. The normalized spacial score (nSPS) is 22.8. The quantitative estimate of drug-likeness (QED) is 0.738. The second-order valence-corrected chi connectivity index (χ2v) is 4.06. The highest BCUT2D eigenvalue weighted by Crippen LogP contribution is 2.22. The Bertz CT molecular complexity index is 336. The van der Waals surface area contributed by atoms with Gasteiger partial charge in [-0.2, -0.15) is 5.10 Å². The first kappa shape index (κ1) is 10.3. The molecule has 1 aliphatic heterocycles. The van der Waals surface area contributed by atoms with Gasteiger partial charge in [0, 0.05) is 32.9 Å². The molecule has 2 rings (SSSR count). The van der Waals surface area contributed by atoms with Gasteiger partial charge in [0.1, 0.15) is 0 Å². The fourth-order valence-electron chi connectivity index (χ4n) is 1.93. The SMILES string of the molecule is CC1CN(c2nn(C)cc2N)CCCO1. The summed E-state index contributed by atoms with van der Waals surface area (Å²) in [5.41, 5.74) is 6.65. The van der Waals surface area contributed by atoms with Gasteiger partial charge in [-0.25, -0.2) is 0 Å². The van der Waals surface area contributed by atoms with Gasteiger partial charge in [-0.15, -0.1) is 0 Å². The van der Waals surface area contributed by atoms with Crippen LogP contribution in [0, 0.1) is 0 Å². The Kier molecular flexibility index (Phi) is 2.81. The first-order valence-electron chi connectivity index (χ1n) is 5.32. The Labute approximate surface area is 89.8 Å². The van der Waals surface area contributed by atoms with Crippen LogP contribution in [-0.2, 0) is 11.8 Å². The highest BCUT2D eigenvalue weighted by molar-refractivity contribution is 5.61. The Morgan fingerprint density at radius 3 is 3.07 bits per heavy atom. The van der Waals surface area contributed by atoms with Gasteiger partial charge >= 0.3 is 0 Å². The van der Waals surface area contributed by atoms with Crippen LogP contribution in [-0.4, -0.2) is 35.6 Å². The molecule has 15 heavy (non-hydrogen) atoms. The van der Waals surface area contributed by atoms with Gasteiger partial charge in [-0.3, -0.25) is 4.68 Å². The fourth-order valence-corrected chi connectivity index (χ4v) is 1.93. The van der Waals surface area contributed by atoms with E-state index < -0.39 is 0 Å². The molecule has 84 valence electrons. The molecule has 0 amide bonds. The molecule has 2 heterocycles. The molecule has 2 N–H and O–H groups in total. The molecule has 1 aromatic rings. The van der Waals surface area contributed by atoms with Gasteiger partial charge in [0.05, 0.1) is 11.8 Å². The van der Waals surface area contributed by atoms with Crippen molar-refractivity contribution in [2.45, 2.75) is 19.4 Å². The summed E-state index contributed by atoms with van der Waals surface area (Å²) in [6.45, 7) is 4.73. The van der Waals surface area contributed by atoms with Gasteiger partial charge in [0.25, 0.3) is 0 Å². The van der Waals surface area contributed by atoms with Crippen LogP contribution in [0.3, 0.4) is 0 Å². The van der Waals surface area contributed by atoms with E-state index in [4.69, 9.17) is 10.5 Å². The molecule has 0 aromatic carbocycles. The maximum Gasteiger partial charge on any atom is 0.173 e. The van der Waals surface area contributed by atoms with E-state index >= 15 is 0 Å². The van der Waals surface area contributed by atoms with Gasteiger partial charge < -0.3 is 15.4 Å². The number of ether oxygens (including phenoxy) is 1. The van der Waals surface area contributed by atoms with E-state index in [0.29, 0.717) is 0 Å². The molecule has 1 aromatic heterocycles. The summed E-state index contributed by atoms with van der Waals surface area (Å²) in [5, 5.41) is 4.37. The highest BCUT2D eigenvalue weighted by Gasteiger charge is 2.19. The average molecular weight is 210 g/mol. The van der Waals surface area contributed by atoms with Crippen molar-refractivity contribution in [2.24, 2.45) is 7.05 Å². The van der Waals surface area contributed by atoms with Gasteiger partial charge in [0.2, 0.25) is 0 Å². The largest absolute Gasteiger partial charge is 0.394 e. The third kappa shape index (κ3) is 2.23. The lowest BCUT2D eigenvalue weighted by Crippen LogP contribution is -2.31. The third-order valence-electron chi connectivity index (χ3n) is 2.59. The van der Waals surface area contributed by atoms with Crippen molar-refractivity contribution in [1.29, 1.82) is 0 Å². The predicted molar refractivity (Wildman–Crippen MR) is 59.9 cm³/mol. The minimum Gasteiger partial charge on any atom is -0.394 e. The molecule has 0 saturated carbocycles. The summed E-state index contributed by atoms with van der Waals surface area (Å²) in [5.74, 6) is 0.884. The Hall–Kier alpha value is -1.23. The average Bonchev–Trinajstić information content (AvgIpc) is 2.38. The molecule has 0 bridgehead atoms. The summed E-state index contributed by atoms with van der Waals surface area (Å²) in [6.07, 6.45) is 3.11. The number of nitrogen functional groups attached to an aromatic ring is 1. The number of anilines is 2. The lowest BCUT2D eigenvalue weighted by molar-refractivity contribution is 0.0820. The molecule has 1 aliphatic rings. The molecule has 1 atom stereocenters. The lowest BCUT2D eigenvalue weighted by atomic mass is 10.3. The van der Waals surface area contributed by atoms with Crippen LogP contribution < -0.4 is 10.6 Å². The number of nitrogens with zero attached hydrogens (tertiary/aromatic N) is 3. The fraction of sp³-hybridized carbons (Fsp3) is 0.700. The summed E-state index contributed by atoms with van der Waals surface area (Å²) < 4.78 is 7.34. The number of hydrogen-bond donors (Lipinski definition) is 1. The minimum atomic E-state index is 0.244. The zero-order valence-corrected chi connectivity index (χ0v) is 9.31. The van der Waals surface area contributed by atoms with Crippen molar-refractivity contribution in [2.75, 3.05) is 30.3 Å². The summed E-state index contributed by atoms with van der Waals surface area (Å²) in [6, 6.07) is 0. The van der Waals surface area contributed by atoms with Crippen LogP contribution >= 0.6 is 0 Å². The standard InChI is InChI=1S/C10H18N4O/c1-8-6-14(4-3-5-15-8)10-9(11)7-13(2)12-10/h7-8H,3-6,11H2,1-2H3. The lowest BCUT2D eigenvalue weighted by Gasteiger charge is -2.22. The van der Waals surface area contributed by atoms with E-state index in [0.717, 1.165) is 37.6 Å². The maximum atomic E-state index is 5.90. The third-order valence-corrected chi connectivity index (χ3v) is 2.59. The minimum absolute atomic E-state index is 0.244. The van der Waals surface area contributed by atoms with Crippen molar-refractivity contribution < 1.29 is 4.74 Å². The van der Waals surface area contributed by atoms with Crippen molar-refractivity contribution in [3.8, 4) is 0 Å². The molecule has 0 aliphatic carbocycles. The summed E-state index contributed by atoms with van der Waals surface area (Å²) >= 11 is 0. The Morgan fingerprint density at radius 1 is 1.60 bits per heavy atom. The van der Waals surface area contributed by atoms with Crippen molar-refractivity contribution >= 4 is 11.5 Å². The van der Waals surface area contributed by atoms with Gasteiger partial charge in [0.15, 0.2) is 5.82 Å². The second kappa shape index (κ2) is 4.10. The first-order chi connectivity index (χ1) is 7.16. The number of nitrogens with two attached hydrogens (primary N) is 1. The van der Waals surface area contributed by atoms with E-state index in [1.807, 2.05) is 13.2 Å². The van der Waals surface area contributed by atoms with Crippen molar-refractivity contribution in [3.05, 3.63) is 6.20 Å². The van der Waals surface area contributed by atoms with Crippen molar-refractivity contribution in [1.82, 2.24) is 9.78 Å². The zero-order chi connectivity index (χ0) is 10.8. The highest BCUT2D eigenvalue weighted by atomic mass is 16.5. The van der Waals surface area contributed by atoms with E-state index in [-0.39, 0.29) is 6.10 Å². The van der Waals surface area contributed by atoms with Crippen LogP contribution in [0.15, 0.2) is 6.20 Å². The summed E-state index contributed by atoms with van der Waals surface area (Å²) in [4.78, 5) is 2.20. The number of hydrogen-bond acceptors (Lipinski definition) is 4. The molecular formula is C10H18N4O. The monoisotopic (exact) mass is 210 g/mol. The smallest absolute Gasteiger partial charge is 0.173 e. The number of aromatic nitrogens is 2. The van der Waals surface area contributed by atoms with Crippen LogP contribution in [0.2, 0.25) is 0 Å². The van der Waals surface area contributed by atoms with E-state index in [2.05, 4.69) is 16.9 Å². The Morgan fingerprint density at radius 2 is 2.40 bits per heavy atom. The topological polar surface area (TPSA) is 56.3 Å². The van der Waals surface area contributed by atoms with Crippen molar-refractivity contribution in [3.63, 3.8) is 0 Å². The van der Waals surface area contributed by atoms with Crippen LogP contribution in [0.25, 0.3) is 0 Å². The first-order valence-corrected chi connectivity index (χ1v) is 5.32. The van der Waals surface area contributed by atoms with Gasteiger partial charge in [-0.05, 0) is 13.3 Å². The molecular weight excluding hydrogens is 192 g/mol. The second-order valence-electron chi connectivity index (χ2n) is 4.06. The van der Waals surface area contributed by atoms with Gasteiger partial charge in [-0.1, -0.05) is 0 Å². The summed E-state index contributed by atoms with van der Waals surface area (Å²) in [7, 11) is 1.89. The maximum absolute atomic E-state index is 5.90. The molecule has 1 fully saturated rings. The van der Waals surface area contributed by atoms with E-state index in [1.165, 1.54) is 0 Å². The molecule has 5 heteroatoms. The number of rotatable bonds is 1. The van der Waals surface area contributed by atoms with E-state index in [1.54, 1.807) is 4.68 Å². The molecule has 1 unspecified atom stereocenters. The van der Waals surface area contributed by atoms with Crippen LogP contribution in [0.5, 0.6) is 0 Å². The van der Waals surface area contributed by atoms with E-state index in [9.17, 15) is 0 Å². The molecule has 0 radical (unpaired) electrons. The molecule has 0 spiro atoms.